The third-order valence-electron chi connectivity index (χ3n) is 2.27. The Morgan fingerprint density at radius 1 is 0.812 bits per heavy atom. The third kappa shape index (κ3) is 1.20. The molecule has 0 aliphatic carbocycles. The first-order valence-electron chi connectivity index (χ1n) is 4.33. The Kier molecular flexibility index (Phi) is 2.24. The van der Waals surface area contributed by atoms with Crippen LogP contribution in [0.1, 0.15) is 0 Å². The van der Waals surface area contributed by atoms with Crippen molar-refractivity contribution in [1.29, 1.82) is 0 Å². The highest BCUT2D eigenvalue weighted by Crippen LogP contribution is 2.00. The molecule has 2 rings (SSSR count). The van der Waals surface area contributed by atoms with Crippen molar-refractivity contribution < 1.29 is 10.4 Å². The molecule has 0 atom stereocenters. The van der Waals surface area contributed by atoms with Gasteiger partial charge in [0.15, 0.2) is 10.7 Å². The topological polar surface area (TPSA) is 99.3 Å². The van der Waals surface area contributed by atoms with E-state index < -0.39 is 16.2 Å². The van der Waals surface area contributed by atoms with Crippen LogP contribution >= 0.6 is 0 Å². The molecule has 0 radical (unpaired) electrons. The molecule has 6 nitrogen and oxygen atoms in total. The summed E-state index contributed by atoms with van der Waals surface area (Å²) in [7, 11) is 0. The zero-order chi connectivity index (χ0) is 11.7. The van der Waals surface area contributed by atoms with E-state index in [0.29, 0.717) is 0 Å². The van der Waals surface area contributed by atoms with Gasteiger partial charge in [0.1, 0.15) is 0 Å². The Morgan fingerprint density at radius 2 is 1.38 bits per heavy atom. The summed E-state index contributed by atoms with van der Waals surface area (Å²) in [6, 6.07) is 6.14. The van der Waals surface area contributed by atoms with Crippen molar-refractivity contribution in [1.82, 2.24) is 0 Å². The Hall–Kier alpha value is -2.50. The van der Waals surface area contributed by atoms with Crippen molar-refractivity contribution in [3.8, 4) is 0 Å². The van der Waals surface area contributed by atoms with Crippen LogP contribution in [-0.2, 0) is 0 Å². The van der Waals surface area contributed by atoms with Crippen LogP contribution in [-0.4, -0.2) is 10.4 Å². The molecular formula is C10H6N2O4. The van der Waals surface area contributed by atoms with Crippen LogP contribution in [0.5, 0.6) is 0 Å². The molecule has 2 aromatic rings. The van der Waals surface area contributed by atoms with Crippen molar-refractivity contribution in [3.63, 3.8) is 0 Å². The van der Waals surface area contributed by atoms with Crippen molar-refractivity contribution in [2.45, 2.75) is 0 Å². The average molecular weight is 218 g/mol. The maximum absolute atomic E-state index is 11.7. The van der Waals surface area contributed by atoms with Gasteiger partial charge >= 0.3 is 0 Å². The molecule has 0 unspecified atom stereocenters. The largest absolute Gasteiger partial charge is 0.410 e. The van der Waals surface area contributed by atoms with Gasteiger partial charge in [-0.25, -0.2) is 0 Å². The fourth-order valence-electron chi connectivity index (χ4n) is 1.54. The second-order valence-electron chi connectivity index (χ2n) is 3.10. The van der Waals surface area contributed by atoms with Crippen LogP contribution in [0.3, 0.4) is 0 Å². The first-order valence-corrected chi connectivity index (χ1v) is 4.33. The molecule has 0 saturated heterocycles. The molecule has 16 heavy (non-hydrogen) atoms. The van der Waals surface area contributed by atoms with E-state index in [1.807, 2.05) is 0 Å². The lowest BCUT2D eigenvalue weighted by molar-refractivity contribution is 0.296. The number of rotatable bonds is 0. The highest BCUT2D eigenvalue weighted by Gasteiger charge is 2.09. The maximum atomic E-state index is 11.7. The van der Waals surface area contributed by atoms with Crippen LogP contribution in [0.2, 0.25) is 0 Å². The smallest absolute Gasteiger partial charge is 0.241 e. The van der Waals surface area contributed by atoms with Gasteiger partial charge in [-0.2, -0.15) is 0 Å². The quantitative estimate of drug-likeness (QED) is 0.438. The van der Waals surface area contributed by atoms with Crippen molar-refractivity contribution in [3.05, 3.63) is 55.4 Å². The summed E-state index contributed by atoms with van der Waals surface area (Å²) in [5.74, 6) is 0. The molecule has 0 heterocycles. The van der Waals surface area contributed by atoms with Crippen LogP contribution in [0.4, 0.5) is 0 Å². The molecule has 0 aliphatic heterocycles. The summed E-state index contributed by atoms with van der Waals surface area (Å²) in [6.45, 7) is 0. The van der Waals surface area contributed by atoms with Crippen LogP contribution < -0.4 is 21.6 Å². The van der Waals surface area contributed by atoms with Crippen molar-refractivity contribution in [2.24, 2.45) is 10.3 Å². The van der Waals surface area contributed by atoms with Gasteiger partial charge < -0.3 is 10.4 Å². The lowest BCUT2D eigenvalue weighted by Crippen LogP contribution is -2.48. The van der Waals surface area contributed by atoms with Crippen LogP contribution in [0.15, 0.2) is 44.2 Å². The predicted molar refractivity (Wildman–Crippen MR) is 53.6 cm³/mol. The molecular weight excluding hydrogens is 212 g/mol. The monoisotopic (exact) mass is 218 g/mol. The summed E-state index contributed by atoms with van der Waals surface area (Å²) in [4.78, 5) is 23.2. The molecule has 6 heteroatoms. The van der Waals surface area contributed by atoms with Crippen molar-refractivity contribution in [2.75, 3.05) is 0 Å². The zero-order valence-corrected chi connectivity index (χ0v) is 7.91. The fraction of sp³-hybridized carbons (Fsp3) is 0. The third-order valence-corrected chi connectivity index (χ3v) is 2.27. The van der Waals surface area contributed by atoms with E-state index in [4.69, 9.17) is 10.4 Å². The van der Waals surface area contributed by atoms with E-state index in [0.717, 1.165) is 0 Å². The van der Waals surface area contributed by atoms with Gasteiger partial charge in [-0.1, -0.05) is 34.6 Å². The van der Waals surface area contributed by atoms with Crippen LogP contribution in [0.25, 0.3) is 10.8 Å². The maximum Gasteiger partial charge on any atom is 0.241 e. The zero-order valence-electron chi connectivity index (χ0n) is 7.91. The first-order chi connectivity index (χ1) is 7.70. The second kappa shape index (κ2) is 3.58. The molecule has 0 saturated carbocycles. The van der Waals surface area contributed by atoms with Gasteiger partial charge in [-0.3, -0.25) is 9.59 Å². The van der Waals surface area contributed by atoms with E-state index >= 15 is 0 Å². The molecule has 0 fully saturated rings. The Morgan fingerprint density at radius 3 is 1.94 bits per heavy atom. The Labute approximate surface area is 87.7 Å². The summed E-state index contributed by atoms with van der Waals surface area (Å²) < 4.78 is 0. The number of benzene rings is 2. The number of nitrogens with zero attached hydrogens (tertiary/aromatic N) is 2. The molecule has 0 spiro atoms. The fourth-order valence-corrected chi connectivity index (χ4v) is 1.54. The summed E-state index contributed by atoms with van der Waals surface area (Å²) in [5.41, 5.74) is -1.58. The van der Waals surface area contributed by atoms with Crippen LogP contribution in [0, 0.1) is 0 Å². The van der Waals surface area contributed by atoms with Gasteiger partial charge in [0.05, 0.1) is 0 Å². The normalized spacial score (nSPS) is 13.5. The molecule has 0 amide bonds. The van der Waals surface area contributed by atoms with Gasteiger partial charge in [-0.05, 0) is 0 Å². The van der Waals surface area contributed by atoms with Gasteiger partial charge in [0, 0.05) is 10.8 Å². The minimum absolute atomic E-state index is 0.169. The average Bonchev–Trinajstić information content (AvgIpc) is 2.30. The van der Waals surface area contributed by atoms with E-state index in [1.165, 1.54) is 12.1 Å². The minimum atomic E-state index is -0.895. The van der Waals surface area contributed by atoms with E-state index in [1.54, 1.807) is 12.1 Å². The predicted octanol–water partition coefficient (Wildman–Crippen LogP) is -0.984. The van der Waals surface area contributed by atoms with E-state index in [9.17, 15) is 9.59 Å². The number of hydrogen-bond acceptors (Lipinski definition) is 6. The lowest BCUT2D eigenvalue weighted by Gasteiger charge is -1.94. The lowest BCUT2D eigenvalue weighted by atomic mass is 10.1. The molecule has 2 aromatic carbocycles. The van der Waals surface area contributed by atoms with Crippen molar-refractivity contribution >= 4 is 10.8 Å². The highest BCUT2D eigenvalue weighted by molar-refractivity contribution is 5.81. The highest BCUT2D eigenvalue weighted by atomic mass is 16.4. The summed E-state index contributed by atoms with van der Waals surface area (Å²) in [5, 5.41) is 22.2. The second-order valence-corrected chi connectivity index (χ2v) is 3.10. The Balaban J connectivity index is 3.36. The van der Waals surface area contributed by atoms with Gasteiger partial charge in [0.2, 0.25) is 10.9 Å². The minimum Gasteiger partial charge on any atom is -0.410 e. The summed E-state index contributed by atoms with van der Waals surface area (Å²) >= 11 is 0. The SMILES string of the molecule is O=c1/c(=N\O)c2ccccc2c(=O)/c1=N\O. The molecule has 0 aromatic heterocycles. The van der Waals surface area contributed by atoms with E-state index in [-0.39, 0.29) is 16.1 Å². The number of fused-ring (bicyclic) bond motifs is 1. The standard InChI is InChI=1S/C10H6N2O4/c13-9-6-4-2-1-3-5(6)7(11-15)10(14)8(9)12-16/h1-4,15-16H/b11-7-,12-8+. The molecule has 0 bridgehead atoms. The van der Waals surface area contributed by atoms with Gasteiger partial charge in [0.25, 0.3) is 0 Å². The molecule has 80 valence electrons. The molecule has 2 N–H and O–H groups in total. The van der Waals surface area contributed by atoms with Gasteiger partial charge in [-0.15, -0.1) is 0 Å². The first kappa shape index (κ1) is 10.0. The Bertz CT molecular complexity index is 770. The summed E-state index contributed by atoms with van der Waals surface area (Å²) in [6.07, 6.45) is 0. The number of hydrogen-bond donors (Lipinski definition) is 2. The molecule has 0 aliphatic rings. The van der Waals surface area contributed by atoms with E-state index in [2.05, 4.69) is 10.3 Å².